The van der Waals surface area contributed by atoms with Gasteiger partial charge in [0.1, 0.15) is 0 Å². The van der Waals surface area contributed by atoms with Crippen LogP contribution in [0.15, 0.2) is 36.7 Å². The molecule has 122 valence electrons. The predicted molar refractivity (Wildman–Crippen MR) is 89.5 cm³/mol. The van der Waals surface area contributed by atoms with Crippen molar-refractivity contribution in [1.82, 2.24) is 15.1 Å². The van der Waals surface area contributed by atoms with Gasteiger partial charge in [0.2, 0.25) is 5.91 Å². The molecular weight excluding hydrogens is 316 g/mol. The maximum absolute atomic E-state index is 12.3. The normalized spacial score (nSPS) is 11.8. The molecule has 0 radical (unpaired) electrons. The van der Waals surface area contributed by atoms with Gasteiger partial charge in [-0.15, -0.1) is 0 Å². The van der Waals surface area contributed by atoms with Gasteiger partial charge in [-0.1, -0.05) is 18.5 Å². The second kappa shape index (κ2) is 7.78. The fourth-order valence-electron chi connectivity index (χ4n) is 2.13. The fraction of sp³-hybridized carbons (Fsp3) is 0.312. The summed E-state index contributed by atoms with van der Waals surface area (Å²) in [5, 5.41) is 9.97. The molecule has 0 spiro atoms. The number of carbonyl (C=O) groups is 2. The molecule has 0 aliphatic rings. The number of amides is 2. The monoisotopic (exact) mass is 334 g/mol. The number of nitrogens with one attached hydrogen (secondary N) is 2. The van der Waals surface area contributed by atoms with Crippen LogP contribution >= 0.6 is 11.6 Å². The van der Waals surface area contributed by atoms with Gasteiger partial charge in [-0.05, 0) is 30.2 Å². The van der Waals surface area contributed by atoms with E-state index in [2.05, 4.69) is 15.7 Å². The van der Waals surface area contributed by atoms with Crippen molar-refractivity contribution in [2.75, 3.05) is 11.9 Å². The third-order valence-corrected chi connectivity index (χ3v) is 3.53. The molecule has 0 aliphatic carbocycles. The summed E-state index contributed by atoms with van der Waals surface area (Å²) in [4.78, 5) is 23.4. The Morgan fingerprint density at radius 3 is 2.83 bits per heavy atom. The molecule has 1 aromatic heterocycles. The van der Waals surface area contributed by atoms with Gasteiger partial charge in [0.25, 0.3) is 5.91 Å². The lowest BCUT2D eigenvalue weighted by atomic mass is 10.1. The first-order valence-corrected chi connectivity index (χ1v) is 7.66. The van der Waals surface area contributed by atoms with Crippen molar-refractivity contribution in [3.63, 3.8) is 0 Å². The Labute approximate surface area is 139 Å². The van der Waals surface area contributed by atoms with E-state index < -0.39 is 0 Å². The number of anilines is 1. The summed E-state index contributed by atoms with van der Waals surface area (Å²) in [7, 11) is 0. The standard InChI is InChI=1S/C16H19ClN4O2/c1-11(10-21-7-3-6-19-21)9-18-16(23)14-8-13(20-12(2)22)4-5-15(14)17/h3-8,11H,9-10H2,1-2H3,(H,18,23)(H,20,22). The summed E-state index contributed by atoms with van der Waals surface area (Å²) < 4.78 is 1.82. The molecule has 2 rings (SSSR count). The van der Waals surface area contributed by atoms with Crippen molar-refractivity contribution in [2.24, 2.45) is 5.92 Å². The molecule has 2 N–H and O–H groups in total. The molecule has 1 atom stereocenters. The van der Waals surface area contributed by atoms with E-state index in [4.69, 9.17) is 11.6 Å². The molecule has 2 aromatic rings. The van der Waals surface area contributed by atoms with Crippen molar-refractivity contribution in [3.05, 3.63) is 47.2 Å². The van der Waals surface area contributed by atoms with E-state index in [-0.39, 0.29) is 17.7 Å². The lowest BCUT2D eigenvalue weighted by molar-refractivity contribution is -0.114. The van der Waals surface area contributed by atoms with Gasteiger partial charge >= 0.3 is 0 Å². The number of halogens is 1. The van der Waals surface area contributed by atoms with Gasteiger partial charge < -0.3 is 10.6 Å². The quantitative estimate of drug-likeness (QED) is 0.852. The smallest absolute Gasteiger partial charge is 0.252 e. The summed E-state index contributed by atoms with van der Waals surface area (Å²) in [5.74, 6) is -0.253. The number of hydrogen-bond acceptors (Lipinski definition) is 3. The van der Waals surface area contributed by atoms with Crippen molar-refractivity contribution in [2.45, 2.75) is 20.4 Å². The molecule has 6 nitrogen and oxygen atoms in total. The highest BCUT2D eigenvalue weighted by Crippen LogP contribution is 2.20. The van der Waals surface area contributed by atoms with E-state index in [1.165, 1.54) is 6.92 Å². The van der Waals surface area contributed by atoms with Crippen LogP contribution in [-0.4, -0.2) is 28.1 Å². The molecule has 0 saturated heterocycles. The number of aromatic nitrogens is 2. The van der Waals surface area contributed by atoms with Gasteiger partial charge in [-0.2, -0.15) is 5.10 Å². The van der Waals surface area contributed by atoms with E-state index in [1.807, 2.05) is 23.9 Å². The van der Waals surface area contributed by atoms with Gasteiger partial charge in [-0.3, -0.25) is 14.3 Å². The summed E-state index contributed by atoms with van der Waals surface area (Å²) >= 11 is 6.07. The van der Waals surface area contributed by atoms with E-state index in [9.17, 15) is 9.59 Å². The SMILES string of the molecule is CC(=O)Nc1ccc(Cl)c(C(=O)NCC(C)Cn2cccn2)c1. The number of benzene rings is 1. The predicted octanol–water partition coefficient (Wildman–Crippen LogP) is 2.56. The Morgan fingerprint density at radius 1 is 1.39 bits per heavy atom. The molecule has 0 bridgehead atoms. The minimum Gasteiger partial charge on any atom is -0.352 e. The maximum atomic E-state index is 12.3. The van der Waals surface area contributed by atoms with Crippen molar-refractivity contribution >= 4 is 29.1 Å². The average Bonchev–Trinajstić information content (AvgIpc) is 2.99. The molecule has 2 amide bonds. The first-order chi connectivity index (χ1) is 11.0. The van der Waals surface area contributed by atoms with Crippen LogP contribution in [0.2, 0.25) is 5.02 Å². The van der Waals surface area contributed by atoms with Gasteiger partial charge in [0.15, 0.2) is 0 Å². The second-order valence-electron chi connectivity index (χ2n) is 5.42. The molecule has 1 aromatic carbocycles. The molecule has 7 heteroatoms. The van der Waals surface area contributed by atoms with Crippen LogP contribution in [0.1, 0.15) is 24.2 Å². The van der Waals surface area contributed by atoms with Crippen LogP contribution in [-0.2, 0) is 11.3 Å². The van der Waals surface area contributed by atoms with Crippen LogP contribution in [0.3, 0.4) is 0 Å². The Kier molecular flexibility index (Phi) is 5.76. The van der Waals surface area contributed by atoms with Crippen LogP contribution < -0.4 is 10.6 Å². The number of nitrogens with zero attached hydrogens (tertiary/aromatic N) is 2. The van der Waals surface area contributed by atoms with E-state index in [1.54, 1.807) is 24.4 Å². The topological polar surface area (TPSA) is 76.0 Å². The van der Waals surface area contributed by atoms with Gasteiger partial charge in [0.05, 0.1) is 10.6 Å². The Bertz CT molecular complexity index is 685. The van der Waals surface area contributed by atoms with E-state index >= 15 is 0 Å². The highest BCUT2D eigenvalue weighted by atomic mass is 35.5. The number of rotatable bonds is 6. The molecular formula is C16H19ClN4O2. The first kappa shape index (κ1) is 17.0. The molecule has 1 heterocycles. The molecule has 23 heavy (non-hydrogen) atoms. The van der Waals surface area contributed by atoms with E-state index in [0.717, 1.165) is 0 Å². The Balaban J connectivity index is 1.95. The lowest BCUT2D eigenvalue weighted by Crippen LogP contribution is -2.30. The minimum atomic E-state index is -0.269. The van der Waals surface area contributed by atoms with Gasteiger partial charge in [-0.25, -0.2) is 0 Å². The molecule has 0 aliphatic heterocycles. The van der Waals surface area contributed by atoms with Crippen LogP contribution in [0.4, 0.5) is 5.69 Å². The summed E-state index contributed by atoms with van der Waals surface area (Å²) in [6, 6.07) is 6.67. The van der Waals surface area contributed by atoms with Crippen molar-refractivity contribution < 1.29 is 9.59 Å². The first-order valence-electron chi connectivity index (χ1n) is 7.28. The Morgan fingerprint density at radius 2 is 2.17 bits per heavy atom. The lowest BCUT2D eigenvalue weighted by Gasteiger charge is -2.14. The highest BCUT2D eigenvalue weighted by Gasteiger charge is 2.13. The van der Waals surface area contributed by atoms with Crippen LogP contribution in [0.25, 0.3) is 0 Å². The zero-order valence-electron chi connectivity index (χ0n) is 13.0. The molecule has 0 saturated carbocycles. The zero-order valence-corrected chi connectivity index (χ0v) is 13.8. The van der Waals surface area contributed by atoms with Gasteiger partial charge in [0, 0.05) is 38.1 Å². The third-order valence-electron chi connectivity index (χ3n) is 3.20. The fourth-order valence-corrected chi connectivity index (χ4v) is 2.34. The second-order valence-corrected chi connectivity index (χ2v) is 5.83. The average molecular weight is 335 g/mol. The van der Waals surface area contributed by atoms with Crippen LogP contribution in [0.5, 0.6) is 0 Å². The molecule has 0 fully saturated rings. The van der Waals surface area contributed by atoms with Crippen molar-refractivity contribution in [3.8, 4) is 0 Å². The minimum absolute atomic E-state index is 0.202. The summed E-state index contributed by atoms with van der Waals surface area (Å²) in [6.45, 7) is 4.65. The maximum Gasteiger partial charge on any atom is 0.252 e. The summed E-state index contributed by atoms with van der Waals surface area (Å²) in [6.07, 6.45) is 3.60. The molecule has 1 unspecified atom stereocenters. The largest absolute Gasteiger partial charge is 0.352 e. The number of carbonyl (C=O) groups excluding carboxylic acids is 2. The number of hydrogen-bond donors (Lipinski definition) is 2. The van der Waals surface area contributed by atoms with E-state index in [0.29, 0.717) is 29.4 Å². The van der Waals surface area contributed by atoms with Crippen LogP contribution in [0, 0.1) is 5.92 Å². The third kappa shape index (κ3) is 5.10. The van der Waals surface area contributed by atoms with Crippen molar-refractivity contribution in [1.29, 1.82) is 0 Å². The zero-order chi connectivity index (χ0) is 16.8. The summed E-state index contributed by atoms with van der Waals surface area (Å²) in [5.41, 5.74) is 0.876. The highest BCUT2D eigenvalue weighted by molar-refractivity contribution is 6.34. The Hall–Kier alpha value is -2.34.